The number of thioether (sulfide) groups is 1. The summed E-state index contributed by atoms with van der Waals surface area (Å²) in [7, 11) is 1.60. The topological polar surface area (TPSA) is 84.1 Å². The molecule has 6 nitrogen and oxygen atoms in total. The molecule has 0 saturated heterocycles. The SMILES string of the molecule is COc1cccc(CNC(=O)Cc2c(C)nc(SCc3ccccc3)[nH]c2=O)c1. The van der Waals surface area contributed by atoms with Crippen LogP contribution in [0, 0.1) is 6.92 Å². The molecule has 2 aromatic carbocycles. The Morgan fingerprint density at radius 1 is 1.14 bits per heavy atom. The van der Waals surface area contributed by atoms with Crippen LogP contribution >= 0.6 is 11.8 Å². The second-order valence-corrected chi connectivity index (χ2v) is 7.48. The van der Waals surface area contributed by atoms with Crippen molar-refractivity contribution >= 4 is 17.7 Å². The first-order valence-electron chi connectivity index (χ1n) is 9.21. The Bertz CT molecular complexity index is 1030. The van der Waals surface area contributed by atoms with Crippen LogP contribution in [0.15, 0.2) is 64.5 Å². The van der Waals surface area contributed by atoms with Gasteiger partial charge in [-0.25, -0.2) is 4.98 Å². The van der Waals surface area contributed by atoms with Gasteiger partial charge in [-0.05, 0) is 30.2 Å². The molecule has 150 valence electrons. The van der Waals surface area contributed by atoms with E-state index in [0.717, 1.165) is 16.9 Å². The first-order chi connectivity index (χ1) is 14.0. The molecule has 0 fully saturated rings. The molecule has 29 heavy (non-hydrogen) atoms. The van der Waals surface area contributed by atoms with Gasteiger partial charge in [-0.3, -0.25) is 9.59 Å². The van der Waals surface area contributed by atoms with E-state index in [-0.39, 0.29) is 17.9 Å². The maximum Gasteiger partial charge on any atom is 0.255 e. The molecule has 3 aromatic rings. The molecule has 0 bridgehead atoms. The normalized spacial score (nSPS) is 10.6. The number of aryl methyl sites for hydroxylation is 1. The number of H-pyrrole nitrogens is 1. The average Bonchev–Trinajstić information content (AvgIpc) is 2.74. The Labute approximate surface area is 173 Å². The van der Waals surface area contributed by atoms with Gasteiger partial charge in [0.2, 0.25) is 5.91 Å². The lowest BCUT2D eigenvalue weighted by Crippen LogP contribution is -2.28. The van der Waals surface area contributed by atoms with Crippen molar-refractivity contribution in [3.8, 4) is 5.75 Å². The van der Waals surface area contributed by atoms with E-state index in [4.69, 9.17) is 4.74 Å². The van der Waals surface area contributed by atoms with E-state index >= 15 is 0 Å². The molecule has 0 saturated carbocycles. The smallest absolute Gasteiger partial charge is 0.255 e. The minimum atomic E-state index is -0.274. The molecule has 0 aliphatic rings. The zero-order valence-corrected chi connectivity index (χ0v) is 17.2. The summed E-state index contributed by atoms with van der Waals surface area (Å²) >= 11 is 1.46. The highest BCUT2D eigenvalue weighted by molar-refractivity contribution is 7.98. The maximum atomic E-state index is 12.5. The lowest BCUT2D eigenvalue weighted by molar-refractivity contribution is -0.120. The number of hydrogen-bond acceptors (Lipinski definition) is 5. The van der Waals surface area contributed by atoms with Gasteiger partial charge in [0.25, 0.3) is 5.56 Å². The molecule has 0 spiro atoms. The lowest BCUT2D eigenvalue weighted by atomic mass is 10.1. The number of methoxy groups -OCH3 is 1. The zero-order chi connectivity index (χ0) is 20.6. The quantitative estimate of drug-likeness (QED) is 0.441. The lowest BCUT2D eigenvalue weighted by Gasteiger charge is -2.09. The van der Waals surface area contributed by atoms with E-state index in [0.29, 0.717) is 28.7 Å². The van der Waals surface area contributed by atoms with Gasteiger partial charge >= 0.3 is 0 Å². The molecule has 0 aliphatic heterocycles. The summed E-state index contributed by atoms with van der Waals surface area (Å²) in [5, 5.41) is 3.39. The number of rotatable bonds is 8. The van der Waals surface area contributed by atoms with Gasteiger partial charge in [0.1, 0.15) is 5.75 Å². The highest BCUT2D eigenvalue weighted by atomic mass is 32.2. The number of nitrogens with zero attached hydrogens (tertiary/aromatic N) is 1. The fourth-order valence-corrected chi connectivity index (χ4v) is 3.66. The summed E-state index contributed by atoms with van der Waals surface area (Å²) in [6.07, 6.45) is -0.0121. The highest BCUT2D eigenvalue weighted by Crippen LogP contribution is 2.19. The van der Waals surface area contributed by atoms with Crippen LogP contribution < -0.4 is 15.6 Å². The fraction of sp³-hybridized carbons (Fsp3) is 0.227. The molecule has 1 aromatic heterocycles. The van der Waals surface area contributed by atoms with Gasteiger partial charge in [0.15, 0.2) is 5.16 Å². The number of aromatic amines is 1. The molecule has 0 atom stereocenters. The fourth-order valence-electron chi connectivity index (χ4n) is 2.79. The van der Waals surface area contributed by atoms with Crippen molar-refractivity contribution in [3.63, 3.8) is 0 Å². The monoisotopic (exact) mass is 409 g/mol. The molecular weight excluding hydrogens is 386 g/mol. The van der Waals surface area contributed by atoms with Gasteiger partial charge in [-0.1, -0.05) is 54.2 Å². The van der Waals surface area contributed by atoms with Crippen molar-refractivity contribution in [2.24, 2.45) is 0 Å². The first-order valence-corrected chi connectivity index (χ1v) is 10.2. The Morgan fingerprint density at radius 3 is 2.62 bits per heavy atom. The van der Waals surface area contributed by atoms with E-state index in [2.05, 4.69) is 15.3 Å². The van der Waals surface area contributed by atoms with Crippen LogP contribution in [0.25, 0.3) is 0 Å². The Balaban J connectivity index is 1.60. The standard InChI is InChI=1S/C22H23N3O3S/c1-15-19(12-20(26)23-13-17-9-6-10-18(11-17)28-2)21(27)25-22(24-15)29-14-16-7-4-3-5-8-16/h3-11H,12-14H2,1-2H3,(H,23,26)(H,24,25,27). The number of carbonyl (C=O) groups is 1. The van der Waals surface area contributed by atoms with Crippen molar-refractivity contribution in [2.45, 2.75) is 30.8 Å². The molecule has 0 unspecified atom stereocenters. The minimum Gasteiger partial charge on any atom is -0.497 e. The van der Waals surface area contributed by atoms with E-state index in [1.54, 1.807) is 14.0 Å². The minimum absolute atomic E-state index is 0.0121. The number of amides is 1. The van der Waals surface area contributed by atoms with Crippen LogP contribution in [0.2, 0.25) is 0 Å². The molecule has 1 heterocycles. The molecule has 0 aliphatic carbocycles. The largest absolute Gasteiger partial charge is 0.497 e. The van der Waals surface area contributed by atoms with Crippen molar-refractivity contribution in [2.75, 3.05) is 7.11 Å². The van der Waals surface area contributed by atoms with Gasteiger partial charge < -0.3 is 15.0 Å². The van der Waals surface area contributed by atoms with E-state index in [1.165, 1.54) is 11.8 Å². The summed E-state index contributed by atoms with van der Waals surface area (Å²) < 4.78 is 5.18. The number of ether oxygens (including phenoxy) is 1. The van der Waals surface area contributed by atoms with Crippen molar-refractivity contribution in [3.05, 3.63) is 87.3 Å². The molecule has 0 radical (unpaired) electrons. The van der Waals surface area contributed by atoms with Gasteiger partial charge in [-0.15, -0.1) is 0 Å². The number of benzene rings is 2. The highest BCUT2D eigenvalue weighted by Gasteiger charge is 2.13. The summed E-state index contributed by atoms with van der Waals surface area (Å²) in [5.41, 5.74) is 2.76. The Kier molecular flexibility index (Phi) is 7.08. The summed E-state index contributed by atoms with van der Waals surface area (Å²) in [6, 6.07) is 17.4. The van der Waals surface area contributed by atoms with Crippen molar-refractivity contribution in [1.29, 1.82) is 0 Å². The predicted octanol–water partition coefficient (Wildman–Crippen LogP) is 3.24. The van der Waals surface area contributed by atoms with Crippen molar-refractivity contribution < 1.29 is 9.53 Å². The average molecular weight is 410 g/mol. The zero-order valence-electron chi connectivity index (χ0n) is 16.4. The van der Waals surface area contributed by atoms with E-state index in [9.17, 15) is 9.59 Å². The summed E-state index contributed by atoms with van der Waals surface area (Å²) in [6.45, 7) is 2.12. The molecule has 2 N–H and O–H groups in total. The van der Waals surface area contributed by atoms with Crippen LogP contribution in [0.5, 0.6) is 5.75 Å². The second kappa shape index (κ2) is 9.93. The maximum absolute atomic E-state index is 12.5. The van der Waals surface area contributed by atoms with E-state index < -0.39 is 0 Å². The van der Waals surface area contributed by atoms with Gasteiger partial charge in [0, 0.05) is 23.6 Å². The molecule has 3 rings (SSSR count). The molecular formula is C22H23N3O3S. The van der Waals surface area contributed by atoms with Crippen LogP contribution in [0.1, 0.15) is 22.4 Å². The Hall–Kier alpha value is -3.06. The third kappa shape index (κ3) is 5.96. The number of aromatic nitrogens is 2. The van der Waals surface area contributed by atoms with Crippen LogP contribution in [-0.4, -0.2) is 23.0 Å². The van der Waals surface area contributed by atoms with Crippen LogP contribution in [-0.2, 0) is 23.5 Å². The van der Waals surface area contributed by atoms with Gasteiger partial charge in [-0.2, -0.15) is 0 Å². The molecule has 7 heteroatoms. The summed E-state index contributed by atoms with van der Waals surface area (Å²) in [5.74, 6) is 1.22. The predicted molar refractivity (Wildman–Crippen MR) is 114 cm³/mol. The van der Waals surface area contributed by atoms with Gasteiger partial charge in [0.05, 0.1) is 13.5 Å². The third-order valence-electron chi connectivity index (χ3n) is 4.38. The third-order valence-corrected chi connectivity index (χ3v) is 5.32. The Morgan fingerprint density at radius 2 is 1.90 bits per heavy atom. The number of nitrogens with one attached hydrogen (secondary N) is 2. The molecule has 1 amide bonds. The second-order valence-electron chi connectivity index (χ2n) is 6.51. The number of hydrogen-bond donors (Lipinski definition) is 2. The summed E-state index contributed by atoms with van der Waals surface area (Å²) in [4.78, 5) is 32.0. The first kappa shape index (κ1) is 20.7. The van der Waals surface area contributed by atoms with Crippen LogP contribution in [0.3, 0.4) is 0 Å². The van der Waals surface area contributed by atoms with E-state index in [1.807, 2.05) is 54.6 Å². The van der Waals surface area contributed by atoms with Crippen LogP contribution in [0.4, 0.5) is 0 Å². The number of carbonyl (C=O) groups excluding carboxylic acids is 1. The van der Waals surface area contributed by atoms with Crippen molar-refractivity contribution in [1.82, 2.24) is 15.3 Å².